The Balaban J connectivity index is 2.57. The smallest absolute Gasteiger partial charge is 0.335 e. The second kappa shape index (κ2) is 8.52. The van der Waals surface area contributed by atoms with Gasteiger partial charge in [-0.15, -0.1) is 0 Å². The Bertz CT molecular complexity index is 461. The highest BCUT2D eigenvalue weighted by Gasteiger charge is 2.11. The zero-order chi connectivity index (χ0) is 15.8. The van der Waals surface area contributed by atoms with Crippen LogP contribution in [0.15, 0.2) is 18.2 Å². The standard InChI is InChI=1S/C16H26N2O3/c1-4-18(8-10-21-9-7-12(2)3)15-6-5-13(16(19)20)11-14(15)17/h5-6,11-12H,4,7-10,17H2,1-3H3,(H,19,20). The van der Waals surface area contributed by atoms with E-state index < -0.39 is 5.97 Å². The maximum Gasteiger partial charge on any atom is 0.335 e. The molecular formula is C16H26N2O3. The van der Waals surface area contributed by atoms with Crippen LogP contribution in [0.25, 0.3) is 0 Å². The Morgan fingerprint density at radius 1 is 1.38 bits per heavy atom. The van der Waals surface area contributed by atoms with E-state index in [0.29, 0.717) is 18.2 Å². The van der Waals surface area contributed by atoms with Crippen LogP contribution in [-0.2, 0) is 4.74 Å². The SMILES string of the molecule is CCN(CCOCCC(C)C)c1ccc(C(=O)O)cc1N. The fraction of sp³-hybridized carbons (Fsp3) is 0.562. The van der Waals surface area contributed by atoms with Crippen LogP contribution in [-0.4, -0.2) is 37.4 Å². The number of nitrogens with two attached hydrogens (primary N) is 1. The topological polar surface area (TPSA) is 75.8 Å². The van der Waals surface area contributed by atoms with E-state index in [2.05, 4.69) is 18.7 Å². The van der Waals surface area contributed by atoms with Gasteiger partial charge >= 0.3 is 5.97 Å². The number of benzene rings is 1. The summed E-state index contributed by atoms with van der Waals surface area (Å²) in [5.74, 6) is -0.320. The summed E-state index contributed by atoms with van der Waals surface area (Å²) in [6, 6.07) is 4.84. The molecule has 0 radical (unpaired) electrons. The molecule has 0 spiro atoms. The summed E-state index contributed by atoms with van der Waals surface area (Å²) in [5, 5.41) is 8.95. The van der Waals surface area contributed by atoms with Crippen LogP contribution < -0.4 is 10.6 Å². The average molecular weight is 294 g/mol. The van der Waals surface area contributed by atoms with E-state index >= 15 is 0 Å². The van der Waals surface area contributed by atoms with E-state index in [1.165, 1.54) is 6.07 Å². The predicted octanol–water partition coefficient (Wildman–Crippen LogP) is 2.86. The Kier molecular flexibility index (Phi) is 7.02. The van der Waals surface area contributed by atoms with Crippen molar-refractivity contribution in [3.8, 4) is 0 Å². The van der Waals surface area contributed by atoms with Crippen molar-refractivity contribution in [3.63, 3.8) is 0 Å². The van der Waals surface area contributed by atoms with Gasteiger partial charge in [0.2, 0.25) is 0 Å². The van der Waals surface area contributed by atoms with Crippen molar-refractivity contribution in [1.82, 2.24) is 0 Å². The molecule has 5 heteroatoms. The van der Waals surface area contributed by atoms with Crippen LogP contribution in [0.4, 0.5) is 11.4 Å². The number of ether oxygens (including phenoxy) is 1. The lowest BCUT2D eigenvalue weighted by Crippen LogP contribution is -2.28. The summed E-state index contributed by atoms with van der Waals surface area (Å²) in [7, 11) is 0. The molecule has 118 valence electrons. The van der Waals surface area contributed by atoms with Crippen LogP contribution in [0.3, 0.4) is 0 Å². The number of carbonyl (C=O) groups is 1. The van der Waals surface area contributed by atoms with Gasteiger partial charge in [-0.1, -0.05) is 13.8 Å². The van der Waals surface area contributed by atoms with E-state index in [0.717, 1.165) is 31.8 Å². The van der Waals surface area contributed by atoms with E-state index in [-0.39, 0.29) is 5.56 Å². The lowest BCUT2D eigenvalue weighted by atomic mass is 10.1. The monoisotopic (exact) mass is 294 g/mol. The summed E-state index contributed by atoms with van der Waals surface area (Å²) in [5.41, 5.74) is 7.51. The van der Waals surface area contributed by atoms with E-state index in [4.69, 9.17) is 15.6 Å². The Morgan fingerprint density at radius 2 is 2.10 bits per heavy atom. The molecule has 5 nitrogen and oxygen atoms in total. The van der Waals surface area contributed by atoms with Crippen molar-refractivity contribution in [2.45, 2.75) is 27.2 Å². The van der Waals surface area contributed by atoms with Gasteiger partial charge in [0, 0.05) is 19.7 Å². The third kappa shape index (κ3) is 5.63. The van der Waals surface area contributed by atoms with Crippen LogP contribution in [0, 0.1) is 5.92 Å². The first kappa shape index (κ1) is 17.3. The first-order chi connectivity index (χ1) is 9.95. The highest BCUT2D eigenvalue weighted by atomic mass is 16.5. The third-order valence-corrected chi connectivity index (χ3v) is 3.34. The molecule has 0 saturated heterocycles. The quantitative estimate of drug-likeness (QED) is 0.541. The molecule has 0 fully saturated rings. The summed E-state index contributed by atoms with van der Waals surface area (Å²) >= 11 is 0. The predicted molar refractivity (Wildman–Crippen MR) is 86.0 cm³/mol. The molecule has 1 aromatic carbocycles. The molecule has 0 saturated carbocycles. The molecule has 0 aliphatic rings. The number of rotatable bonds is 9. The van der Waals surface area contributed by atoms with Crippen molar-refractivity contribution in [2.75, 3.05) is 36.9 Å². The Morgan fingerprint density at radius 3 is 2.62 bits per heavy atom. The van der Waals surface area contributed by atoms with Crippen molar-refractivity contribution in [2.24, 2.45) is 5.92 Å². The number of nitrogens with zero attached hydrogens (tertiary/aromatic N) is 1. The van der Waals surface area contributed by atoms with Crippen molar-refractivity contribution in [1.29, 1.82) is 0 Å². The largest absolute Gasteiger partial charge is 0.478 e. The number of likely N-dealkylation sites (N-methyl/N-ethyl adjacent to an activating group) is 1. The second-order valence-corrected chi connectivity index (χ2v) is 5.45. The number of hydrogen-bond acceptors (Lipinski definition) is 4. The molecular weight excluding hydrogens is 268 g/mol. The molecule has 0 aromatic heterocycles. The van der Waals surface area contributed by atoms with E-state index in [1.807, 2.05) is 6.92 Å². The molecule has 3 N–H and O–H groups in total. The van der Waals surface area contributed by atoms with Gasteiger partial charge < -0.3 is 20.5 Å². The van der Waals surface area contributed by atoms with Crippen LogP contribution in [0.1, 0.15) is 37.6 Å². The van der Waals surface area contributed by atoms with Crippen LogP contribution in [0.5, 0.6) is 0 Å². The molecule has 0 aliphatic carbocycles. The molecule has 0 aliphatic heterocycles. The minimum atomic E-state index is -0.965. The van der Waals surface area contributed by atoms with Gasteiger partial charge in [0.05, 0.1) is 23.5 Å². The first-order valence-corrected chi connectivity index (χ1v) is 7.41. The molecule has 0 atom stereocenters. The molecule has 0 unspecified atom stereocenters. The van der Waals surface area contributed by atoms with Crippen molar-refractivity contribution < 1.29 is 14.6 Å². The molecule has 21 heavy (non-hydrogen) atoms. The van der Waals surface area contributed by atoms with E-state index in [9.17, 15) is 4.79 Å². The number of anilines is 2. The number of hydrogen-bond donors (Lipinski definition) is 2. The van der Waals surface area contributed by atoms with Gasteiger partial charge in [0.15, 0.2) is 0 Å². The van der Waals surface area contributed by atoms with Gasteiger partial charge in [-0.05, 0) is 37.5 Å². The zero-order valence-corrected chi connectivity index (χ0v) is 13.1. The molecule has 0 amide bonds. The van der Waals surface area contributed by atoms with Crippen LogP contribution >= 0.6 is 0 Å². The second-order valence-electron chi connectivity index (χ2n) is 5.45. The number of carboxylic acids is 1. The lowest BCUT2D eigenvalue weighted by Gasteiger charge is -2.24. The highest BCUT2D eigenvalue weighted by molar-refractivity contribution is 5.90. The van der Waals surface area contributed by atoms with Gasteiger partial charge in [-0.2, -0.15) is 0 Å². The van der Waals surface area contributed by atoms with Gasteiger partial charge in [0.25, 0.3) is 0 Å². The van der Waals surface area contributed by atoms with Crippen LogP contribution in [0.2, 0.25) is 0 Å². The van der Waals surface area contributed by atoms with Gasteiger partial charge in [0.1, 0.15) is 0 Å². The minimum absolute atomic E-state index is 0.209. The average Bonchev–Trinajstić information content (AvgIpc) is 2.43. The zero-order valence-electron chi connectivity index (χ0n) is 13.1. The number of carboxylic acid groups (broad SMARTS) is 1. The normalized spacial score (nSPS) is 10.9. The summed E-state index contributed by atoms with van der Waals surface area (Å²) < 4.78 is 5.62. The Labute approximate surface area is 126 Å². The highest BCUT2D eigenvalue weighted by Crippen LogP contribution is 2.24. The summed E-state index contributed by atoms with van der Waals surface area (Å²) in [6.07, 6.45) is 1.06. The van der Waals surface area contributed by atoms with Gasteiger partial charge in [-0.3, -0.25) is 0 Å². The maximum absolute atomic E-state index is 10.9. The fourth-order valence-electron chi connectivity index (χ4n) is 2.02. The maximum atomic E-state index is 10.9. The van der Waals surface area contributed by atoms with Crippen molar-refractivity contribution in [3.05, 3.63) is 23.8 Å². The lowest BCUT2D eigenvalue weighted by molar-refractivity contribution is 0.0697. The Hall–Kier alpha value is -1.75. The molecule has 1 rings (SSSR count). The summed E-state index contributed by atoms with van der Waals surface area (Å²) in [6.45, 7) is 9.33. The fourth-order valence-corrected chi connectivity index (χ4v) is 2.02. The number of aromatic carboxylic acids is 1. The summed E-state index contributed by atoms with van der Waals surface area (Å²) in [4.78, 5) is 13.0. The molecule has 0 heterocycles. The van der Waals surface area contributed by atoms with Crippen molar-refractivity contribution >= 4 is 17.3 Å². The van der Waals surface area contributed by atoms with E-state index in [1.54, 1.807) is 12.1 Å². The molecule has 0 bridgehead atoms. The third-order valence-electron chi connectivity index (χ3n) is 3.34. The van der Waals surface area contributed by atoms with Gasteiger partial charge in [-0.25, -0.2) is 4.79 Å². The number of nitrogen functional groups attached to an aromatic ring is 1. The molecule has 1 aromatic rings. The first-order valence-electron chi connectivity index (χ1n) is 7.41. The minimum Gasteiger partial charge on any atom is -0.478 e.